The minimum absolute atomic E-state index is 0.0396. The number of carbonyl (C=O) groups is 2. The highest BCUT2D eigenvalue weighted by Gasteiger charge is 2.33. The molecule has 1 saturated heterocycles. The number of benzene rings is 4. The predicted molar refractivity (Wildman–Crippen MR) is 178 cm³/mol. The van der Waals surface area contributed by atoms with Gasteiger partial charge in [0.1, 0.15) is 5.69 Å². The highest BCUT2D eigenvalue weighted by molar-refractivity contribution is 7.99. The van der Waals surface area contributed by atoms with Crippen LogP contribution in [0.4, 0.5) is 5.69 Å². The minimum atomic E-state index is -1.02. The summed E-state index contributed by atoms with van der Waals surface area (Å²) in [7, 11) is 0. The van der Waals surface area contributed by atoms with E-state index in [-0.39, 0.29) is 37.6 Å². The lowest BCUT2D eigenvalue weighted by atomic mass is 10.0. The lowest BCUT2D eigenvalue weighted by Gasteiger charge is -2.36. The van der Waals surface area contributed by atoms with Crippen LogP contribution in [0.25, 0.3) is 22.6 Å². The zero-order valence-corrected chi connectivity index (χ0v) is 26.3. The maximum absolute atomic E-state index is 12.1. The molecule has 1 aliphatic heterocycles. The summed E-state index contributed by atoms with van der Waals surface area (Å²) in [6.45, 7) is -0.0396. The van der Waals surface area contributed by atoms with Crippen molar-refractivity contribution in [3.63, 3.8) is 0 Å². The number of aliphatic hydroxyl groups excluding tert-OH is 1. The highest BCUT2D eigenvalue weighted by Crippen LogP contribution is 2.41. The van der Waals surface area contributed by atoms with Crippen molar-refractivity contribution in [3.05, 3.63) is 126 Å². The van der Waals surface area contributed by atoms with Crippen LogP contribution in [-0.4, -0.2) is 38.9 Å². The summed E-state index contributed by atoms with van der Waals surface area (Å²) in [4.78, 5) is 27.8. The van der Waals surface area contributed by atoms with Crippen molar-refractivity contribution >= 4 is 29.3 Å². The molecule has 10 heteroatoms. The third-order valence-electron chi connectivity index (χ3n) is 7.73. The van der Waals surface area contributed by atoms with Gasteiger partial charge in [0.2, 0.25) is 5.91 Å². The van der Waals surface area contributed by atoms with Gasteiger partial charge in [-0.1, -0.05) is 109 Å². The maximum atomic E-state index is 12.1. The lowest BCUT2D eigenvalue weighted by molar-refractivity contribution is -0.245. The molecule has 3 N–H and O–H groups in total. The fraction of sp³-hybridized carbons (Fsp3) is 0.216. The van der Waals surface area contributed by atoms with Gasteiger partial charge in [-0.3, -0.25) is 9.59 Å². The molecule has 0 bridgehead atoms. The number of carbonyl (C=O) groups excluding carboxylic acids is 1. The summed E-state index contributed by atoms with van der Waals surface area (Å²) >= 11 is 1.49. The van der Waals surface area contributed by atoms with E-state index in [1.807, 2.05) is 97.1 Å². The first-order valence-corrected chi connectivity index (χ1v) is 16.3. The third kappa shape index (κ3) is 8.35. The number of nitrogens with zero attached hydrogens (tertiary/aromatic N) is 1. The van der Waals surface area contributed by atoms with Gasteiger partial charge in [-0.2, -0.15) is 0 Å². The molecule has 0 spiro atoms. The van der Waals surface area contributed by atoms with Gasteiger partial charge in [0.15, 0.2) is 12.1 Å². The Kier molecular flexibility index (Phi) is 10.4. The average Bonchev–Trinajstić information content (AvgIpc) is 3.55. The second-order valence-electron chi connectivity index (χ2n) is 11.1. The molecular formula is C37H34N2O7S. The summed E-state index contributed by atoms with van der Waals surface area (Å²) in [6, 6.07) is 34.7. The summed E-state index contributed by atoms with van der Waals surface area (Å²) in [5.41, 5.74) is 5.81. The number of anilines is 1. The normalized spacial score (nSPS) is 17.7. The number of hydrogen-bond acceptors (Lipinski definition) is 8. The van der Waals surface area contributed by atoms with Crippen LogP contribution in [0, 0.1) is 0 Å². The van der Waals surface area contributed by atoms with Crippen molar-refractivity contribution in [1.82, 2.24) is 4.98 Å². The number of ether oxygens (including phenoxy) is 2. The van der Waals surface area contributed by atoms with Gasteiger partial charge in [-0.15, -0.1) is 0 Å². The van der Waals surface area contributed by atoms with Crippen LogP contribution in [0.1, 0.15) is 48.3 Å². The summed E-state index contributed by atoms with van der Waals surface area (Å²) < 4.78 is 19.3. The number of hydrogen-bond donors (Lipinski definition) is 3. The molecule has 0 saturated carbocycles. The number of aliphatic hydroxyl groups is 1. The van der Waals surface area contributed by atoms with Gasteiger partial charge in [0, 0.05) is 41.0 Å². The van der Waals surface area contributed by atoms with E-state index >= 15 is 0 Å². The number of aromatic nitrogens is 1. The molecule has 2 heterocycles. The second kappa shape index (κ2) is 15.2. The van der Waals surface area contributed by atoms with Crippen LogP contribution >= 0.6 is 11.8 Å². The third-order valence-corrected chi connectivity index (χ3v) is 8.69. The topological polar surface area (TPSA) is 131 Å². The molecule has 240 valence electrons. The molecule has 1 aromatic heterocycles. The molecule has 0 aliphatic carbocycles. The Morgan fingerprint density at radius 1 is 0.809 bits per heavy atom. The van der Waals surface area contributed by atoms with Gasteiger partial charge in [0.25, 0.3) is 5.22 Å². The largest absolute Gasteiger partial charge is 0.481 e. The molecule has 4 aromatic carbocycles. The van der Waals surface area contributed by atoms with Crippen LogP contribution in [-0.2, 0) is 25.7 Å². The Morgan fingerprint density at radius 2 is 1.47 bits per heavy atom. The maximum Gasteiger partial charge on any atom is 0.303 e. The molecule has 47 heavy (non-hydrogen) atoms. The number of carboxylic acids is 1. The second-order valence-corrected chi connectivity index (χ2v) is 12.1. The Hall–Kier alpha value is -4.74. The van der Waals surface area contributed by atoms with Crippen molar-refractivity contribution in [2.45, 2.75) is 49.6 Å². The van der Waals surface area contributed by atoms with E-state index in [9.17, 15) is 14.7 Å². The summed E-state index contributed by atoms with van der Waals surface area (Å²) in [5.74, 6) is -0.120. The van der Waals surface area contributed by atoms with Crippen LogP contribution in [0.3, 0.4) is 0 Å². The molecule has 6 rings (SSSR count). The number of carboxylic acid groups (broad SMARTS) is 1. The first kappa shape index (κ1) is 32.2. The first-order chi connectivity index (χ1) is 22.9. The van der Waals surface area contributed by atoms with E-state index in [1.54, 1.807) is 12.1 Å². The van der Waals surface area contributed by atoms with Crippen molar-refractivity contribution in [2.24, 2.45) is 0 Å². The number of rotatable bonds is 12. The Morgan fingerprint density at radius 3 is 2.13 bits per heavy atom. The number of aliphatic carboxylic acids is 1. The Balaban J connectivity index is 1.21. The standard InChI is InChI=1S/C37H34N2O7S/c40-22-24-11-13-25(14-12-24)31-21-30(44-36(45-31)28-15-17-29(18-16-28)38-32(41)19-20-33(42)43)23-47-37-39-34(26-7-3-1-4-8-26)35(46-37)27-9-5-2-6-10-27/h1-18,30-31,36,40H,19-23H2,(H,38,41)(H,42,43)/t30-,31+,36+/m0/s1. The number of amides is 1. The average molecular weight is 651 g/mol. The van der Waals surface area contributed by atoms with E-state index in [0.29, 0.717) is 28.8 Å². The molecule has 1 aliphatic rings. The first-order valence-electron chi connectivity index (χ1n) is 15.3. The van der Waals surface area contributed by atoms with Gasteiger partial charge in [-0.25, -0.2) is 4.98 Å². The van der Waals surface area contributed by atoms with Gasteiger partial charge >= 0.3 is 5.97 Å². The van der Waals surface area contributed by atoms with Crippen LogP contribution in [0.15, 0.2) is 119 Å². The Labute approximate surface area is 276 Å². The van der Waals surface area contributed by atoms with Crippen LogP contribution < -0.4 is 5.32 Å². The zero-order valence-electron chi connectivity index (χ0n) is 25.5. The van der Waals surface area contributed by atoms with Gasteiger partial charge in [-0.05, 0) is 23.3 Å². The molecular weight excluding hydrogens is 616 g/mol. The molecule has 0 radical (unpaired) electrons. The van der Waals surface area contributed by atoms with E-state index in [2.05, 4.69) is 5.32 Å². The predicted octanol–water partition coefficient (Wildman–Crippen LogP) is 7.64. The smallest absolute Gasteiger partial charge is 0.303 e. The molecule has 1 amide bonds. The summed E-state index contributed by atoms with van der Waals surface area (Å²) in [5, 5.41) is 21.6. The molecule has 5 aromatic rings. The molecule has 0 unspecified atom stereocenters. The van der Waals surface area contributed by atoms with Crippen molar-refractivity contribution in [1.29, 1.82) is 0 Å². The fourth-order valence-corrected chi connectivity index (χ4v) is 6.13. The molecule has 9 nitrogen and oxygen atoms in total. The highest BCUT2D eigenvalue weighted by atomic mass is 32.2. The molecule has 1 fully saturated rings. The fourth-order valence-electron chi connectivity index (χ4n) is 5.29. The number of oxazole rings is 1. The number of thioether (sulfide) groups is 1. The monoisotopic (exact) mass is 650 g/mol. The van der Waals surface area contributed by atoms with Crippen molar-refractivity contribution in [3.8, 4) is 22.6 Å². The quantitative estimate of drug-likeness (QED) is 0.117. The SMILES string of the molecule is O=C(O)CCC(=O)Nc1ccc([C@@H]2O[C@H](CSc3nc(-c4ccccc4)c(-c4ccccc4)o3)C[C@H](c3ccc(CO)cc3)O2)cc1. The van der Waals surface area contributed by atoms with Crippen molar-refractivity contribution < 1.29 is 33.7 Å². The van der Waals surface area contributed by atoms with E-state index < -0.39 is 12.3 Å². The summed E-state index contributed by atoms with van der Waals surface area (Å²) in [6.07, 6.45) is -0.916. The van der Waals surface area contributed by atoms with E-state index in [0.717, 1.165) is 33.5 Å². The lowest BCUT2D eigenvalue weighted by Crippen LogP contribution is -2.31. The Bertz CT molecular complexity index is 1720. The minimum Gasteiger partial charge on any atom is -0.481 e. The zero-order chi connectivity index (χ0) is 32.6. The van der Waals surface area contributed by atoms with Crippen molar-refractivity contribution in [2.75, 3.05) is 11.1 Å². The van der Waals surface area contributed by atoms with Gasteiger partial charge < -0.3 is 29.4 Å². The van der Waals surface area contributed by atoms with E-state index in [4.69, 9.17) is 24.0 Å². The van der Waals surface area contributed by atoms with E-state index in [1.165, 1.54) is 11.8 Å². The number of nitrogens with one attached hydrogen (secondary N) is 1. The van der Waals surface area contributed by atoms with Gasteiger partial charge in [0.05, 0.1) is 25.2 Å². The van der Waals surface area contributed by atoms with Crippen LogP contribution in [0.2, 0.25) is 0 Å². The molecule has 3 atom stereocenters. The van der Waals surface area contributed by atoms with Crippen LogP contribution in [0.5, 0.6) is 0 Å².